The zero-order valence-electron chi connectivity index (χ0n) is 12.3. The first-order valence-electron chi connectivity index (χ1n) is 7.11. The monoisotopic (exact) mass is 309 g/mol. The molecule has 6 heteroatoms. The Kier molecular flexibility index (Phi) is 4.63. The van der Waals surface area contributed by atoms with Crippen molar-refractivity contribution in [1.82, 2.24) is 15.5 Å². The Labute approximate surface area is 133 Å². The van der Waals surface area contributed by atoms with Gasteiger partial charge in [-0.15, -0.1) is 0 Å². The molecule has 1 amide bonds. The summed E-state index contributed by atoms with van der Waals surface area (Å²) < 4.78 is 10.3. The number of carbonyl (C=O) groups excluding carboxylic acids is 1. The molecule has 1 N–H and O–H groups in total. The van der Waals surface area contributed by atoms with Crippen molar-refractivity contribution in [1.29, 1.82) is 0 Å². The number of rotatable bonds is 5. The van der Waals surface area contributed by atoms with Crippen LogP contribution in [-0.4, -0.2) is 16.2 Å². The van der Waals surface area contributed by atoms with Crippen molar-refractivity contribution in [3.05, 3.63) is 84.0 Å². The highest BCUT2D eigenvalue weighted by atomic mass is 16.5. The maximum absolute atomic E-state index is 12.1. The molecule has 0 spiro atoms. The summed E-state index contributed by atoms with van der Waals surface area (Å²) in [5.74, 6) is 0.299. The lowest BCUT2D eigenvalue weighted by Crippen LogP contribution is -2.30. The van der Waals surface area contributed by atoms with Gasteiger partial charge < -0.3 is 14.6 Å². The molecule has 2 aromatic carbocycles. The van der Waals surface area contributed by atoms with Crippen LogP contribution in [0.2, 0.25) is 0 Å². The number of alkyl carbamates (subject to hydrolysis) is 1. The van der Waals surface area contributed by atoms with E-state index in [1.807, 2.05) is 60.7 Å². The third-order valence-corrected chi connectivity index (χ3v) is 3.23. The summed E-state index contributed by atoms with van der Waals surface area (Å²) in [4.78, 5) is 16.1. The second-order valence-corrected chi connectivity index (χ2v) is 4.83. The summed E-state index contributed by atoms with van der Waals surface area (Å²) >= 11 is 0. The molecule has 23 heavy (non-hydrogen) atoms. The molecule has 0 fully saturated rings. The first-order chi connectivity index (χ1) is 11.3. The fraction of sp³-hybridized carbons (Fsp3) is 0.118. The molecular formula is C17H15N3O3. The standard InChI is InChI=1S/C17H15N3O3/c21-17(22-11-13-7-3-1-4-8-13)20-15(16-18-12-19-23-16)14-9-5-2-6-10-14/h1-10,12,15H,11H2,(H,20,21). The zero-order valence-corrected chi connectivity index (χ0v) is 12.3. The van der Waals surface area contributed by atoms with Gasteiger partial charge in [-0.05, 0) is 11.1 Å². The topological polar surface area (TPSA) is 77.3 Å². The van der Waals surface area contributed by atoms with E-state index in [0.717, 1.165) is 11.1 Å². The minimum absolute atomic E-state index is 0.192. The number of nitrogens with zero attached hydrogens (tertiary/aromatic N) is 2. The Morgan fingerprint density at radius 3 is 2.43 bits per heavy atom. The average molecular weight is 309 g/mol. The van der Waals surface area contributed by atoms with E-state index in [4.69, 9.17) is 9.26 Å². The van der Waals surface area contributed by atoms with Gasteiger partial charge in [0.1, 0.15) is 12.6 Å². The number of ether oxygens (including phenoxy) is 1. The van der Waals surface area contributed by atoms with Crippen molar-refractivity contribution in [3.8, 4) is 0 Å². The van der Waals surface area contributed by atoms with Crippen LogP contribution in [0.5, 0.6) is 0 Å². The van der Waals surface area contributed by atoms with E-state index < -0.39 is 12.1 Å². The molecule has 1 heterocycles. The van der Waals surface area contributed by atoms with Gasteiger partial charge in [-0.3, -0.25) is 0 Å². The van der Waals surface area contributed by atoms with Crippen molar-refractivity contribution >= 4 is 6.09 Å². The zero-order chi connectivity index (χ0) is 15.9. The number of benzene rings is 2. The Morgan fingerprint density at radius 2 is 1.78 bits per heavy atom. The molecule has 1 aromatic heterocycles. The molecule has 0 radical (unpaired) electrons. The molecule has 0 aliphatic carbocycles. The molecule has 116 valence electrons. The van der Waals surface area contributed by atoms with Crippen LogP contribution in [-0.2, 0) is 11.3 Å². The molecule has 6 nitrogen and oxygen atoms in total. The van der Waals surface area contributed by atoms with Gasteiger partial charge in [0.2, 0.25) is 0 Å². The molecule has 0 aliphatic rings. The third kappa shape index (κ3) is 3.94. The second-order valence-electron chi connectivity index (χ2n) is 4.83. The van der Waals surface area contributed by atoms with Gasteiger partial charge in [-0.25, -0.2) is 4.79 Å². The Balaban J connectivity index is 1.68. The van der Waals surface area contributed by atoms with Crippen molar-refractivity contribution in [2.45, 2.75) is 12.6 Å². The first-order valence-corrected chi connectivity index (χ1v) is 7.11. The number of nitrogens with one attached hydrogen (secondary N) is 1. The number of aromatic nitrogens is 2. The van der Waals surface area contributed by atoms with Gasteiger partial charge in [0.15, 0.2) is 6.33 Å². The number of hydrogen-bond acceptors (Lipinski definition) is 5. The third-order valence-electron chi connectivity index (χ3n) is 3.23. The lowest BCUT2D eigenvalue weighted by atomic mass is 10.1. The van der Waals surface area contributed by atoms with Crippen LogP contribution in [0.15, 0.2) is 71.5 Å². The SMILES string of the molecule is O=C(NC(c1ccccc1)c1ncno1)OCc1ccccc1. The van der Waals surface area contributed by atoms with Crippen LogP contribution >= 0.6 is 0 Å². The van der Waals surface area contributed by atoms with Crippen molar-refractivity contribution in [3.63, 3.8) is 0 Å². The molecule has 0 saturated carbocycles. The average Bonchev–Trinajstić information content (AvgIpc) is 3.14. The van der Waals surface area contributed by atoms with Gasteiger partial charge in [0, 0.05) is 0 Å². The molecule has 3 rings (SSSR count). The molecule has 0 aliphatic heterocycles. The van der Waals surface area contributed by atoms with E-state index in [9.17, 15) is 4.79 Å². The van der Waals surface area contributed by atoms with E-state index in [2.05, 4.69) is 15.5 Å². The minimum Gasteiger partial charge on any atom is -0.445 e. The summed E-state index contributed by atoms with van der Waals surface area (Å²) in [6.45, 7) is 0.192. The van der Waals surface area contributed by atoms with Crippen LogP contribution in [0.3, 0.4) is 0 Å². The van der Waals surface area contributed by atoms with E-state index in [-0.39, 0.29) is 6.61 Å². The van der Waals surface area contributed by atoms with Gasteiger partial charge in [-0.2, -0.15) is 4.98 Å². The van der Waals surface area contributed by atoms with Crippen molar-refractivity contribution < 1.29 is 14.1 Å². The van der Waals surface area contributed by atoms with E-state index in [1.165, 1.54) is 6.33 Å². The summed E-state index contributed by atoms with van der Waals surface area (Å²) in [7, 11) is 0. The molecule has 0 bridgehead atoms. The van der Waals surface area contributed by atoms with Gasteiger partial charge in [0.05, 0.1) is 0 Å². The fourth-order valence-electron chi connectivity index (χ4n) is 2.12. The van der Waals surface area contributed by atoms with Crippen LogP contribution in [0, 0.1) is 0 Å². The van der Waals surface area contributed by atoms with Gasteiger partial charge >= 0.3 is 6.09 Å². The van der Waals surface area contributed by atoms with E-state index in [1.54, 1.807) is 0 Å². The maximum atomic E-state index is 12.1. The smallest absolute Gasteiger partial charge is 0.408 e. The van der Waals surface area contributed by atoms with Gasteiger partial charge in [-0.1, -0.05) is 65.8 Å². The Hall–Kier alpha value is -3.15. The van der Waals surface area contributed by atoms with Crippen molar-refractivity contribution in [2.24, 2.45) is 0 Å². The highest BCUT2D eigenvalue weighted by molar-refractivity contribution is 5.68. The van der Waals surface area contributed by atoms with Crippen LogP contribution in [0.25, 0.3) is 0 Å². The molecule has 1 unspecified atom stereocenters. The highest BCUT2D eigenvalue weighted by Crippen LogP contribution is 2.19. The molecule has 1 atom stereocenters. The van der Waals surface area contributed by atoms with Crippen LogP contribution < -0.4 is 5.32 Å². The van der Waals surface area contributed by atoms with Crippen LogP contribution in [0.4, 0.5) is 4.79 Å². The van der Waals surface area contributed by atoms with Crippen LogP contribution in [0.1, 0.15) is 23.1 Å². The summed E-state index contributed by atoms with van der Waals surface area (Å²) in [6.07, 6.45) is 0.739. The van der Waals surface area contributed by atoms with E-state index in [0.29, 0.717) is 5.89 Å². The van der Waals surface area contributed by atoms with Crippen molar-refractivity contribution in [2.75, 3.05) is 0 Å². The predicted molar refractivity (Wildman–Crippen MR) is 82.3 cm³/mol. The summed E-state index contributed by atoms with van der Waals surface area (Å²) in [5, 5.41) is 6.34. The molecule has 3 aromatic rings. The normalized spacial score (nSPS) is 11.7. The molecular weight excluding hydrogens is 294 g/mol. The first kappa shape index (κ1) is 14.8. The molecule has 0 saturated heterocycles. The predicted octanol–water partition coefficient (Wildman–Crippen LogP) is 3.09. The minimum atomic E-state index is -0.555. The quantitative estimate of drug-likeness (QED) is 0.783. The maximum Gasteiger partial charge on any atom is 0.408 e. The summed E-state index contributed by atoms with van der Waals surface area (Å²) in [6, 6.07) is 18.3. The largest absolute Gasteiger partial charge is 0.445 e. The Morgan fingerprint density at radius 1 is 1.09 bits per heavy atom. The lowest BCUT2D eigenvalue weighted by molar-refractivity contribution is 0.135. The lowest BCUT2D eigenvalue weighted by Gasteiger charge is -2.15. The number of amides is 1. The highest BCUT2D eigenvalue weighted by Gasteiger charge is 2.22. The van der Waals surface area contributed by atoms with Gasteiger partial charge in [0.25, 0.3) is 5.89 Å². The second kappa shape index (κ2) is 7.22. The fourth-order valence-corrected chi connectivity index (χ4v) is 2.12. The number of carbonyl (C=O) groups is 1. The Bertz CT molecular complexity index is 730. The van der Waals surface area contributed by atoms with E-state index >= 15 is 0 Å². The summed E-state index contributed by atoms with van der Waals surface area (Å²) in [5.41, 5.74) is 1.74. The number of hydrogen-bond donors (Lipinski definition) is 1.